The van der Waals surface area contributed by atoms with Crippen molar-refractivity contribution in [2.75, 3.05) is 44.0 Å². The molecule has 4 rings (SSSR count). The summed E-state index contributed by atoms with van der Waals surface area (Å²) in [5, 5.41) is 2.92. The summed E-state index contributed by atoms with van der Waals surface area (Å²) in [6.07, 6.45) is -1.11. The molecule has 43 heavy (non-hydrogen) atoms. The van der Waals surface area contributed by atoms with Crippen LogP contribution >= 0.6 is 0 Å². The number of anilines is 1. The van der Waals surface area contributed by atoms with Crippen LogP contribution in [0.15, 0.2) is 23.2 Å². The van der Waals surface area contributed by atoms with Crippen molar-refractivity contribution >= 4 is 33.4 Å². The number of aryl methyl sites for hydroxylation is 2. The molecular formula is C30H43F3N4O5S. The Labute approximate surface area is 252 Å². The molecule has 1 spiro atoms. The summed E-state index contributed by atoms with van der Waals surface area (Å²) in [6, 6.07) is 5.56. The highest BCUT2D eigenvalue weighted by molar-refractivity contribution is 7.89. The van der Waals surface area contributed by atoms with Gasteiger partial charge in [0.1, 0.15) is 11.4 Å². The van der Waals surface area contributed by atoms with Gasteiger partial charge in [0.15, 0.2) is 0 Å². The van der Waals surface area contributed by atoms with E-state index >= 15 is 0 Å². The molecule has 1 N–H and O–H groups in total. The molecule has 0 unspecified atom stereocenters. The van der Waals surface area contributed by atoms with E-state index in [0.717, 1.165) is 16.8 Å². The van der Waals surface area contributed by atoms with Gasteiger partial charge in [-0.3, -0.25) is 14.6 Å². The fraction of sp³-hybridized carbons (Fsp3) is 0.700. The van der Waals surface area contributed by atoms with Crippen LogP contribution in [0.1, 0.15) is 69.4 Å². The van der Waals surface area contributed by atoms with E-state index in [1.807, 2.05) is 25.1 Å². The summed E-state index contributed by atoms with van der Waals surface area (Å²) in [7, 11) is -2.00. The van der Waals surface area contributed by atoms with Gasteiger partial charge >= 0.3 is 6.18 Å². The molecule has 3 aliphatic rings. The first-order chi connectivity index (χ1) is 20.2. The Kier molecular flexibility index (Phi) is 10.6. The number of rotatable bonds is 11. The second kappa shape index (κ2) is 13.6. The zero-order valence-corrected chi connectivity index (χ0v) is 26.0. The van der Waals surface area contributed by atoms with Crippen molar-refractivity contribution in [2.45, 2.75) is 83.4 Å². The number of methoxy groups -OCH3 is 1. The van der Waals surface area contributed by atoms with Gasteiger partial charge < -0.3 is 15.0 Å². The van der Waals surface area contributed by atoms with E-state index in [-0.39, 0.29) is 48.9 Å². The van der Waals surface area contributed by atoms with Crippen molar-refractivity contribution < 1.29 is 35.9 Å². The van der Waals surface area contributed by atoms with E-state index < -0.39 is 28.2 Å². The van der Waals surface area contributed by atoms with Gasteiger partial charge in [-0.2, -0.15) is 13.2 Å². The number of amides is 2. The van der Waals surface area contributed by atoms with Crippen LogP contribution in [0.25, 0.3) is 0 Å². The number of aliphatic imine (C=N–C) groups is 1. The Morgan fingerprint density at radius 1 is 1.19 bits per heavy atom. The van der Waals surface area contributed by atoms with Gasteiger partial charge in [0.25, 0.3) is 5.91 Å². The van der Waals surface area contributed by atoms with E-state index in [9.17, 15) is 31.2 Å². The van der Waals surface area contributed by atoms with Gasteiger partial charge in [0.2, 0.25) is 15.9 Å². The number of hydrogen-bond acceptors (Lipinski definition) is 6. The molecule has 0 aromatic heterocycles. The lowest BCUT2D eigenvalue weighted by Gasteiger charge is -2.34. The first-order valence-electron chi connectivity index (χ1n) is 15.1. The summed E-state index contributed by atoms with van der Waals surface area (Å²) in [5.41, 5.74) is 1.53. The summed E-state index contributed by atoms with van der Waals surface area (Å²) in [5.74, 6) is 0.285. The minimum Gasteiger partial charge on any atom is -0.383 e. The summed E-state index contributed by atoms with van der Waals surface area (Å²) in [6.45, 7) is 4.61. The number of alkyl halides is 3. The lowest BCUT2D eigenvalue weighted by molar-refractivity contribution is -0.138. The molecule has 0 bridgehead atoms. The second-order valence-electron chi connectivity index (χ2n) is 12.1. The third-order valence-electron chi connectivity index (χ3n) is 9.18. The quantitative estimate of drug-likeness (QED) is 0.392. The normalized spacial score (nSPS) is 22.8. The Bertz CT molecular complexity index is 1300. The van der Waals surface area contributed by atoms with E-state index in [0.29, 0.717) is 63.9 Å². The van der Waals surface area contributed by atoms with Crippen LogP contribution in [0.3, 0.4) is 0 Å². The van der Waals surface area contributed by atoms with Crippen LogP contribution < -0.4 is 10.2 Å². The van der Waals surface area contributed by atoms with Crippen LogP contribution in [0.5, 0.6) is 0 Å². The molecule has 2 aliphatic heterocycles. The first-order valence-corrected chi connectivity index (χ1v) is 16.7. The Morgan fingerprint density at radius 3 is 2.44 bits per heavy atom. The predicted octanol–water partition coefficient (Wildman–Crippen LogP) is 4.38. The summed E-state index contributed by atoms with van der Waals surface area (Å²) in [4.78, 5) is 31.5. The third kappa shape index (κ3) is 8.36. The van der Waals surface area contributed by atoms with E-state index in [1.165, 1.54) is 11.2 Å². The van der Waals surface area contributed by atoms with Crippen molar-refractivity contribution in [1.29, 1.82) is 0 Å². The second-order valence-corrected chi connectivity index (χ2v) is 14.2. The maximum Gasteiger partial charge on any atom is 0.389 e. The largest absolute Gasteiger partial charge is 0.389 e. The standard InChI is InChI=1S/C30H43F3N4O5S/c1-21-20-26(37(22(2)38)17-18-42-3)9-8-24(21)11-19-43(40,41)36-15-13-29(14-16-36)28(39)34-27(35-29)25-6-4-23(5-7-25)10-12-30(31,32)33/h8-9,20,23,25H,4-7,10-19H2,1-3H3,(H,34,35,39). The minimum atomic E-state index is -4.14. The van der Waals surface area contributed by atoms with E-state index in [1.54, 1.807) is 12.0 Å². The van der Waals surface area contributed by atoms with Gasteiger partial charge in [0.05, 0.1) is 12.4 Å². The number of hydrogen-bond donors (Lipinski definition) is 1. The molecule has 1 aromatic rings. The zero-order chi connectivity index (χ0) is 31.4. The van der Waals surface area contributed by atoms with Crippen LogP contribution in [0.2, 0.25) is 0 Å². The van der Waals surface area contributed by atoms with Gasteiger partial charge in [-0.1, -0.05) is 6.07 Å². The Hall–Kier alpha value is -2.51. The van der Waals surface area contributed by atoms with Crippen molar-refractivity contribution in [3.8, 4) is 0 Å². The molecular weight excluding hydrogens is 585 g/mol. The number of ether oxygens (including phenoxy) is 1. The number of carbonyl (C=O) groups is 2. The molecule has 0 atom stereocenters. The van der Waals surface area contributed by atoms with Gasteiger partial charge in [-0.15, -0.1) is 0 Å². The molecule has 0 radical (unpaired) electrons. The first kappa shape index (κ1) is 33.4. The molecule has 1 aromatic carbocycles. The topological polar surface area (TPSA) is 108 Å². The average molecular weight is 629 g/mol. The highest BCUT2D eigenvalue weighted by Crippen LogP contribution is 2.38. The summed E-state index contributed by atoms with van der Waals surface area (Å²) >= 11 is 0. The van der Waals surface area contributed by atoms with E-state index in [4.69, 9.17) is 9.73 Å². The molecule has 1 aliphatic carbocycles. The number of halogens is 3. The van der Waals surface area contributed by atoms with Crippen molar-refractivity contribution in [3.05, 3.63) is 29.3 Å². The minimum absolute atomic E-state index is 0.0179. The monoisotopic (exact) mass is 628 g/mol. The fourth-order valence-corrected chi connectivity index (χ4v) is 7.92. The maximum atomic E-state index is 13.2. The summed E-state index contributed by atoms with van der Waals surface area (Å²) < 4.78 is 70.8. The molecule has 2 heterocycles. The van der Waals surface area contributed by atoms with E-state index in [2.05, 4.69) is 5.32 Å². The van der Waals surface area contributed by atoms with Crippen molar-refractivity contribution in [1.82, 2.24) is 9.62 Å². The number of nitrogens with one attached hydrogen (secondary N) is 1. The SMILES string of the molecule is COCCN(C(C)=O)c1ccc(CCS(=O)(=O)N2CCC3(CC2)N=C(C2CCC(CCC(F)(F)F)CC2)NC3=O)c(C)c1. The van der Waals surface area contributed by atoms with Crippen molar-refractivity contribution in [3.63, 3.8) is 0 Å². The number of piperidine rings is 1. The van der Waals surface area contributed by atoms with Crippen LogP contribution in [-0.4, -0.2) is 81.2 Å². The number of amidine groups is 1. The third-order valence-corrected chi connectivity index (χ3v) is 11.0. The number of benzene rings is 1. The molecule has 240 valence electrons. The molecule has 1 saturated carbocycles. The Balaban J connectivity index is 1.30. The average Bonchev–Trinajstić information content (AvgIpc) is 3.26. The van der Waals surface area contributed by atoms with Gasteiger partial charge in [-0.05, 0) is 87.5 Å². The molecule has 13 heteroatoms. The highest BCUT2D eigenvalue weighted by atomic mass is 32.2. The molecule has 2 fully saturated rings. The zero-order valence-electron chi connectivity index (χ0n) is 25.2. The van der Waals surface area contributed by atoms with Crippen LogP contribution in [-0.2, 0) is 30.8 Å². The lowest BCUT2D eigenvalue weighted by atomic mass is 9.79. The van der Waals surface area contributed by atoms with Gasteiger partial charge in [-0.25, -0.2) is 12.7 Å². The smallest absolute Gasteiger partial charge is 0.383 e. The van der Waals surface area contributed by atoms with Crippen molar-refractivity contribution in [2.24, 2.45) is 16.8 Å². The molecule has 1 saturated heterocycles. The predicted molar refractivity (Wildman–Crippen MR) is 158 cm³/mol. The van der Waals surface area contributed by atoms with Crippen LogP contribution in [0, 0.1) is 18.8 Å². The molecule has 2 amide bonds. The lowest BCUT2D eigenvalue weighted by Crippen LogP contribution is -2.51. The highest BCUT2D eigenvalue weighted by Gasteiger charge is 2.48. The number of carbonyl (C=O) groups excluding carboxylic acids is 2. The maximum absolute atomic E-state index is 13.2. The number of nitrogens with zero attached hydrogens (tertiary/aromatic N) is 3. The van der Waals surface area contributed by atoms with Gasteiger partial charge in [0, 0.05) is 51.7 Å². The van der Waals surface area contributed by atoms with Crippen LogP contribution in [0.4, 0.5) is 18.9 Å². The molecule has 9 nitrogen and oxygen atoms in total. The number of sulfonamides is 1. The fourth-order valence-electron chi connectivity index (χ4n) is 6.45. The Morgan fingerprint density at radius 2 is 1.86 bits per heavy atom.